The fraction of sp³-hybridized carbons (Fsp3) is 0.647. The van der Waals surface area contributed by atoms with E-state index in [9.17, 15) is 0 Å². The Hall–Kier alpha value is -1.26. The zero-order valence-electron chi connectivity index (χ0n) is 13.1. The lowest BCUT2D eigenvalue weighted by molar-refractivity contribution is 0.0932. The smallest absolute Gasteiger partial charge is 0.125 e. The Kier molecular flexibility index (Phi) is 4.66. The van der Waals surface area contributed by atoms with E-state index in [1.54, 1.807) is 7.11 Å². The molecule has 21 heavy (non-hydrogen) atoms. The summed E-state index contributed by atoms with van der Waals surface area (Å²) < 4.78 is 5.45. The summed E-state index contributed by atoms with van der Waals surface area (Å²) in [4.78, 5) is 5.23. The summed E-state index contributed by atoms with van der Waals surface area (Å²) in [5.74, 6) is 0.910. The van der Waals surface area contributed by atoms with Crippen LogP contribution in [0.1, 0.15) is 31.2 Å². The van der Waals surface area contributed by atoms with Gasteiger partial charge < -0.3 is 10.5 Å². The average molecular weight is 289 g/mol. The van der Waals surface area contributed by atoms with Gasteiger partial charge in [0.2, 0.25) is 0 Å². The van der Waals surface area contributed by atoms with Crippen LogP contribution in [-0.2, 0) is 6.54 Å². The standard InChI is InChI=1S/C17H27N3O/c1-21-17-12-15(18)7-6-14(17)13-19-8-10-20(11-9-19)16-4-2-3-5-16/h6-7,12,16H,2-5,8-11,13,18H2,1H3. The SMILES string of the molecule is COc1cc(N)ccc1CN1CCN(C2CCCC2)CC1. The van der Waals surface area contributed by atoms with Crippen molar-refractivity contribution >= 4 is 5.69 Å². The van der Waals surface area contributed by atoms with Crippen molar-refractivity contribution in [2.45, 2.75) is 38.3 Å². The van der Waals surface area contributed by atoms with Gasteiger partial charge in [-0.25, -0.2) is 0 Å². The summed E-state index contributed by atoms with van der Waals surface area (Å²) in [6.07, 6.45) is 5.67. The van der Waals surface area contributed by atoms with E-state index in [0.717, 1.165) is 37.1 Å². The Bertz CT molecular complexity index is 463. The predicted molar refractivity (Wildman–Crippen MR) is 86.5 cm³/mol. The van der Waals surface area contributed by atoms with E-state index in [2.05, 4.69) is 15.9 Å². The second-order valence-corrected chi connectivity index (χ2v) is 6.32. The molecule has 1 heterocycles. The Morgan fingerprint density at radius 3 is 2.52 bits per heavy atom. The minimum Gasteiger partial charge on any atom is -0.496 e. The molecule has 0 unspecified atom stereocenters. The van der Waals surface area contributed by atoms with Crippen LogP contribution in [0.3, 0.4) is 0 Å². The molecule has 0 amide bonds. The Balaban J connectivity index is 1.55. The minimum atomic E-state index is 0.765. The molecule has 4 heteroatoms. The van der Waals surface area contributed by atoms with Gasteiger partial charge in [0, 0.05) is 56.1 Å². The molecule has 2 aliphatic rings. The number of nitrogens with zero attached hydrogens (tertiary/aromatic N) is 2. The Morgan fingerprint density at radius 2 is 1.86 bits per heavy atom. The van der Waals surface area contributed by atoms with Crippen LogP contribution in [0.2, 0.25) is 0 Å². The monoisotopic (exact) mass is 289 g/mol. The molecule has 0 aromatic heterocycles. The number of anilines is 1. The third kappa shape index (κ3) is 3.50. The van der Waals surface area contributed by atoms with Crippen molar-refractivity contribution < 1.29 is 4.74 Å². The highest BCUT2D eigenvalue weighted by Crippen LogP contribution is 2.26. The molecular formula is C17H27N3O. The van der Waals surface area contributed by atoms with Crippen molar-refractivity contribution in [2.24, 2.45) is 0 Å². The number of hydrogen-bond acceptors (Lipinski definition) is 4. The highest BCUT2D eigenvalue weighted by atomic mass is 16.5. The molecule has 1 aromatic carbocycles. The van der Waals surface area contributed by atoms with E-state index in [4.69, 9.17) is 10.5 Å². The first-order chi connectivity index (χ1) is 10.3. The van der Waals surface area contributed by atoms with Crippen LogP contribution in [0.25, 0.3) is 0 Å². The number of benzene rings is 1. The highest BCUT2D eigenvalue weighted by Gasteiger charge is 2.26. The van der Waals surface area contributed by atoms with Gasteiger partial charge >= 0.3 is 0 Å². The van der Waals surface area contributed by atoms with Crippen LogP contribution in [-0.4, -0.2) is 49.1 Å². The number of rotatable bonds is 4. The van der Waals surface area contributed by atoms with Crippen LogP contribution in [0.4, 0.5) is 5.69 Å². The largest absolute Gasteiger partial charge is 0.496 e. The molecule has 3 rings (SSSR count). The second kappa shape index (κ2) is 6.67. The molecule has 1 saturated heterocycles. The first-order valence-corrected chi connectivity index (χ1v) is 8.15. The van der Waals surface area contributed by atoms with E-state index in [-0.39, 0.29) is 0 Å². The summed E-state index contributed by atoms with van der Waals surface area (Å²) >= 11 is 0. The average Bonchev–Trinajstić information content (AvgIpc) is 3.04. The fourth-order valence-electron chi connectivity index (χ4n) is 3.69. The predicted octanol–water partition coefficient (Wildman–Crippen LogP) is 2.34. The van der Waals surface area contributed by atoms with Crippen molar-refractivity contribution in [3.8, 4) is 5.75 Å². The van der Waals surface area contributed by atoms with Crippen LogP contribution >= 0.6 is 0 Å². The van der Waals surface area contributed by atoms with Crippen molar-refractivity contribution in [3.63, 3.8) is 0 Å². The maximum absolute atomic E-state index is 5.82. The van der Waals surface area contributed by atoms with E-state index < -0.39 is 0 Å². The highest BCUT2D eigenvalue weighted by molar-refractivity contribution is 5.48. The lowest BCUT2D eigenvalue weighted by Crippen LogP contribution is -2.49. The lowest BCUT2D eigenvalue weighted by Gasteiger charge is -2.38. The topological polar surface area (TPSA) is 41.7 Å². The van der Waals surface area contributed by atoms with Crippen molar-refractivity contribution in [3.05, 3.63) is 23.8 Å². The Labute approximate surface area is 127 Å². The van der Waals surface area contributed by atoms with Crippen LogP contribution in [0.5, 0.6) is 5.75 Å². The molecule has 1 saturated carbocycles. The number of methoxy groups -OCH3 is 1. The minimum absolute atomic E-state index is 0.765. The lowest BCUT2D eigenvalue weighted by atomic mass is 10.1. The van der Waals surface area contributed by atoms with Gasteiger partial charge in [0.05, 0.1) is 7.11 Å². The van der Waals surface area contributed by atoms with Crippen molar-refractivity contribution in [1.29, 1.82) is 0 Å². The van der Waals surface area contributed by atoms with Crippen LogP contribution < -0.4 is 10.5 Å². The number of nitrogen functional groups attached to an aromatic ring is 1. The first-order valence-electron chi connectivity index (χ1n) is 8.15. The number of hydrogen-bond donors (Lipinski definition) is 1. The third-order valence-corrected chi connectivity index (χ3v) is 4.95. The molecule has 116 valence electrons. The fourth-order valence-corrected chi connectivity index (χ4v) is 3.69. The summed E-state index contributed by atoms with van der Waals surface area (Å²) in [6.45, 7) is 5.69. The summed E-state index contributed by atoms with van der Waals surface area (Å²) in [7, 11) is 1.72. The van der Waals surface area contributed by atoms with Crippen LogP contribution in [0.15, 0.2) is 18.2 Å². The summed E-state index contributed by atoms with van der Waals surface area (Å²) in [5, 5.41) is 0. The van der Waals surface area contributed by atoms with Crippen LogP contribution in [0, 0.1) is 0 Å². The number of nitrogens with two attached hydrogens (primary N) is 1. The number of piperazine rings is 1. The molecule has 0 atom stereocenters. The molecule has 1 aliphatic carbocycles. The molecule has 4 nitrogen and oxygen atoms in total. The molecule has 2 N–H and O–H groups in total. The summed E-state index contributed by atoms with van der Waals surface area (Å²) in [5.41, 5.74) is 7.83. The quantitative estimate of drug-likeness (QED) is 0.864. The first kappa shape index (κ1) is 14.7. The Morgan fingerprint density at radius 1 is 1.14 bits per heavy atom. The molecular weight excluding hydrogens is 262 g/mol. The van der Waals surface area contributed by atoms with Gasteiger partial charge in [0.25, 0.3) is 0 Å². The second-order valence-electron chi connectivity index (χ2n) is 6.32. The van der Waals surface area contributed by atoms with Gasteiger partial charge in [-0.2, -0.15) is 0 Å². The third-order valence-electron chi connectivity index (χ3n) is 4.95. The van der Waals surface area contributed by atoms with Gasteiger partial charge in [-0.05, 0) is 18.9 Å². The molecule has 1 aromatic rings. The molecule has 0 radical (unpaired) electrons. The molecule has 1 aliphatic heterocycles. The maximum atomic E-state index is 5.82. The molecule has 0 bridgehead atoms. The molecule has 0 spiro atoms. The van der Waals surface area contributed by atoms with E-state index >= 15 is 0 Å². The van der Waals surface area contributed by atoms with E-state index in [1.807, 2.05) is 12.1 Å². The van der Waals surface area contributed by atoms with E-state index in [0.29, 0.717) is 0 Å². The van der Waals surface area contributed by atoms with Crippen molar-refractivity contribution in [2.75, 3.05) is 39.0 Å². The van der Waals surface area contributed by atoms with E-state index in [1.165, 1.54) is 44.3 Å². The maximum Gasteiger partial charge on any atom is 0.125 e. The van der Waals surface area contributed by atoms with Gasteiger partial charge in [-0.3, -0.25) is 9.80 Å². The van der Waals surface area contributed by atoms with Gasteiger partial charge in [-0.1, -0.05) is 18.9 Å². The van der Waals surface area contributed by atoms with Gasteiger partial charge in [-0.15, -0.1) is 0 Å². The number of ether oxygens (including phenoxy) is 1. The summed E-state index contributed by atoms with van der Waals surface area (Å²) in [6, 6.07) is 6.84. The molecule has 2 fully saturated rings. The zero-order chi connectivity index (χ0) is 14.7. The van der Waals surface area contributed by atoms with Gasteiger partial charge in [0.1, 0.15) is 5.75 Å². The normalized spacial score (nSPS) is 21.8. The zero-order valence-corrected chi connectivity index (χ0v) is 13.1. The van der Waals surface area contributed by atoms with Gasteiger partial charge in [0.15, 0.2) is 0 Å². The van der Waals surface area contributed by atoms with Crippen molar-refractivity contribution in [1.82, 2.24) is 9.80 Å².